The average Bonchev–Trinajstić information content (AvgIpc) is 2.09. The summed E-state index contributed by atoms with van der Waals surface area (Å²) in [6.07, 6.45) is 1.81. The highest BCUT2D eigenvalue weighted by Gasteiger charge is 1.94. The van der Waals surface area contributed by atoms with Crippen molar-refractivity contribution in [3.05, 3.63) is 23.4 Å². The first kappa shape index (κ1) is 12.9. The molecule has 0 saturated heterocycles. The largest absolute Gasteiger partial charge is 0.481 e. The second-order valence-electron chi connectivity index (χ2n) is 4.04. The lowest BCUT2D eigenvalue weighted by Crippen LogP contribution is -1.89. The third-order valence-corrected chi connectivity index (χ3v) is 1.56. The number of ether oxygens (including phenoxy) is 1. The lowest BCUT2D eigenvalue weighted by Gasteiger charge is -2.01. The van der Waals surface area contributed by atoms with Gasteiger partial charge in [-0.05, 0) is 30.9 Å². The highest BCUT2D eigenvalue weighted by molar-refractivity contribution is 5.26. The van der Waals surface area contributed by atoms with Crippen molar-refractivity contribution in [2.75, 3.05) is 7.11 Å². The van der Waals surface area contributed by atoms with Gasteiger partial charge in [0.05, 0.1) is 7.11 Å². The molecule has 0 aliphatic carbocycles. The van der Waals surface area contributed by atoms with E-state index in [1.54, 1.807) is 7.11 Å². The molecule has 0 aromatic carbocycles. The zero-order chi connectivity index (χ0) is 11.1. The molecular formula is C12H21NO. The van der Waals surface area contributed by atoms with Crippen molar-refractivity contribution in [3.8, 4) is 5.88 Å². The number of hydrogen-bond donors (Lipinski definition) is 0. The van der Waals surface area contributed by atoms with Crippen LogP contribution in [-0.2, 0) is 0 Å². The minimum absolute atomic E-state index is 0.683. The Labute approximate surface area is 87.3 Å². The van der Waals surface area contributed by atoms with Gasteiger partial charge in [-0.1, -0.05) is 20.8 Å². The highest BCUT2D eigenvalue weighted by atomic mass is 16.5. The summed E-state index contributed by atoms with van der Waals surface area (Å²) in [4.78, 5) is 4.04. The van der Waals surface area contributed by atoms with Crippen LogP contribution in [0.25, 0.3) is 0 Å². The molecule has 0 fully saturated rings. The molecule has 0 amide bonds. The molecule has 0 aliphatic rings. The summed E-state index contributed by atoms with van der Waals surface area (Å²) >= 11 is 0. The molecule has 1 rings (SSSR count). The van der Waals surface area contributed by atoms with E-state index in [1.807, 2.05) is 26.1 Å². The molecule has 14 heavy (non-hydrogen) atoms. The molecule has 0 saturated carbocycles. The van der Waals surface area contributed by atoms with Crippen molar-refractivity contribution in [1.29, 1.82) is 0 Å². The molecule has 0 aliphatic heterocycles. The maximum Gasteiger partial charge on any atom is 0.213 e. The first-order valence-electron chi connectivity index (χ1n) is 4.94. The van der Waals surface area contributed by atoms with Gasteiger partial charge < -0.3 is 4.74 Å². The van der Waals surface area contributed by atoms with Crippen LogP contribution >= 0.6 is 0 Å². The van der Waals surface area contributed by atoms with E-state index < -0.39 is 0 Å². The second kappa shape index (κ2) is 6.41. The fourth-order valence-corrected chi connectivity index (χ4v) is 0.710. The number of pyridine rings is 1. The van der Waals surface area contributed by atoms with Gasteiger partial charge in [-0.3, -0.25) is 0 Å². The van der Waals surface area contributed by atoms with E-state index in [2.05, 4.69) is 25.8 Å². The van der Waals surface area contributed by atoms with Crippen LogP contribution in [-0.4, -0.2) is 12.1 Å². The molecule has 0 unspecified atom stereocenters. The van der Waals surface area contributed by atoms with Crippen LogP contribution in [0.1, 0.15) is 31.9 Å². The minimum Gasteiger partial charge on any atom is -0.481 e. The Morgan fingerprint density at radius 1 is 1.14 bits per heavy atom. The Bertz CT molecular complexity index is 266. The Hall–Kier alpha value is -1.05. The molecule has 2 nitrogen and oxygen atoms in total. The van der Waals surface area contributed by atoms with E-state index >= 15 is 0 Å². The van der Waals surface area contributed by atoms with Crippen molar-refractivity contribution in [2.45, 2.75) is 34.6 Å². The predicted octanol–water partition coefficient (Wildman–Crippen LogP) is 3.37. The number of rotatable bonds is 1. The predicted molar refractivity (Wildman–Crippen MR) is 60.8 cm³/mol. The van der Waals surface area contributed by atoms with Crippen molar-refractivity contribution in [2.24, 2.45) is 5.92 Å². The van der Waals surface area contributed by atoms with Crippen LogP contribution in [0.4, 0.5) is 0 Å². The molecule has 0 radical (unpaired) electrons. The van der Waals surface area contributed by atoms with E-state index in [4.69, 9.17) is 4.74 Å². The fraction of sp³-hybridized carbons (Fsp3) is 0.583. The van der Waals surface area contributed by atoms with Gasteiger partial charge in [-0.2, -0.15) is 0 Å². The van der Waals surface area contributed by atoms with E-state index in [-0.39, 0.29) is 0 Å². The van der Waals surface area contributed by atoms with E-state index in [9.17, 15) is 0 Å². The summed E-state index contributed by atoms with van der Waals surface area (Å²) in [5, 5.41) is 0. The third kappa shape index (κ3) is 5.57. The molecule has 0 N–H and O–H groups in total. The third-order valence-electron chi connectivity index (χ3n) is 1.56. The van der Waals surface area contributed by atoms with E-state index in [1.165, 1.54) is 11.1 Å². The van der Waals surface area contributed by atoms with Gasteiger partial charge in [-0.25, -0.2) is 4.98 Å². The summed E-state index contributed by atoms with van der Waals surface area (Å²) in [6, 6.07) is 1.93. The number of aromatic nitrogens is 1. The van der Waals surface area contributed by atoms with Gasteiger partial charge in [0.2, 0.25) is 5.88 Å². The van der Waals surface area contributed by atoms with Crippen LogP contribution in [0.3, 0.4) is 0 Å². The summed E-state index contributed by atoms with van der Waals surface area (Å²) in [6.45, 7) is 10.6. The zero-order valence-electron chi connectivity index (χ0n) is 10.1. The van der Waals surface area contributed by atoms with Crippen LogP contribution in [0.2, 0.25) is 0 Å². The van der Waals surface area contributed by atoms with Gasteiger partial charge in [0.25, 0.3) is 0 Å². The smallest absolute Gasteiger partial charge is 0.213 e. The van der Waals surface area contributed by atoms with E-state index in [0.717, 1.165) is 5.92 Å². The van der Waals surface area contributed by atoms with Crippen molar-refractivity contribution < 1.29 is 4.74 Å². The van der Waals surface area contributed by atoms with Crippen LogP contribution < -0.4 is 4.74 Å². The van der Waals surface area contributed by atoms with Gasteiger partial charge in [-0.15, -0.1) is 0 Å². The van der Waals surface area contributed by atoms with Gasteiger partial charge in [0.15, 0.2) is 0 Å². The summed E-state index contributed by atoms with van der Waals surface area (Å²) in [5.74, 6) is 1.52. The summed E-state index contributed by atoms with van der Waals surface area (Å²) < 4.78 is 4.94. The Morgan fingerprint density at radius 3 is 2.00 bits per heavy atom. The molecule has 1 aromatic heterocycles. The highest BCUT2D eigenvalue weighted by Crippen LogP contribution is 2.11. The van der Waals surface area contributed by atoms with E-state index in [0.29, 0.717) is 5.88 Å². The topological polar surface area (TPSA) is 22.1 Å². The Kier molecular flexibility index (Phi) is 5.93. The number of methoxy groups -OCH3 is 1. The van der Waals surface area contributed by atoms with Gasteiger partial charge >= 0.3 is 0 Å². The zero-order valence-corrected chi connectivity index (χ0v) is 10.1. The second-order valence-corrected chi connectivity index (χ2v) is 4.04. The Morgan fingerprint density at radius 2 is 1.64 bits per heavy atom. The molecule has 0 spiro atoms. The minimum atomic E-state index is 0.683. The van der Waals surface area contributed by atoms with Crippen molar-refractivity contribution >= 4 is 0 Å². The van der Waals surface area contributed by atoms with Gasteiger partial charge in [0, 0.05) is 12.3 Å². The maximum atomic E-state index is 4.94. The number of hydrogen-bond acceptors (Lipinski definition) is 2. The number of nitrogens with zero attached hydrogens (tertiary/aromatic N) is 1. The fourth-order valence-electron chi connectivity index (χ4n) is 0.710. The first-order valence-corrected chi connectivity index (χ1v) is 4.94. The molecule has 1 heterocycles. The van der Waals surface area contributed by atoms with Gasteiger partial charge in [0.1, 0.15) is 0 Å². The summed E-state index contributed by atoms with van der Waals surface area (Å²) in [7, 11) is 1.62. The number of aryl methyl sites for hydroxylation is 2. The quantitative estimate of drug-likeness (QED) is 0.685. The monoisotopic (exact) mass is 195 g/mol. The van der Waals surface area contributed by atoms with Crippen LogP contribution in [0.15, 0.2) is 12.3 Å². The molecule has 1 aromatic rings. The molecule has 0 bridgehead atoms. The normalized spacial score (nSPS) is 9.36. The molecule has 80 valence electrons. The lowest BCUT2D eigenvalue weighted by atomic mass is 10.2. The molecule has 2 heteroatoms. The molecule has 0 atom stereocenters. The standard InChI is InChI=1S/C8H11NO.C4H10/c1-6-4-8(10-3)9-5-7(6)2;1-4(2)3/h4-5H,1-3H3;4H,1-3H3. The first-order chi connectivity index (χ1) is 6.47. The lowest BCUT2D eigenvalue weighted by molar-refractivity contribution is 0.397. The SMILES string of the molecule is CC(C)C.COc1cc(C)c(C)cn1. The summed E-state index contributed by atoms with van der Waals surface area (Å²) in [5.41, 5.74) is 2.41. The maximum absolute atomic E-state index is 4.94. The average molecular weight is 195 g/mol. The Balaban J connectivity index is 0.000000364. The van der Waals surface area contributed by atoms with Crippen LogP contribution in [0, 0.1) is 19.8 Å². The molecular weight excluding hydrogens is 174 g/mol. The van der Waals surface area contributed by atoms with Crippen molar-refractivity contribution in [3.63, 3.8) is 0 Å². The van der Waals surface area contributed by atoms with Crippen molar-refractivity contribution in [1.82, 2.24) is 4.98 Å². The van der Waals surface area contributed by atoms with Crippen LogP contribution in [0.5, 0.6) is 5.88 Å².